The van der Waals surface area contributed by atoms with E-state index >= 15 is 0 Å². The maximum Gasteiger partial charge on any atom is 0.167 e. The van der Waals surface area contributed by atoms with Gasteiger partial charge in [-0.05, 0) is 24.3 Å². The lowest BCUT2D eigenvalue weighted by molar-refractivity contribution is -0.0443. The van der Waals surface area contributed by atoms with Gasteiger partial charge in [-0.1, -0.05) is 15.9 Å². The van der Waals surface area contributed by atoms with Crippen LogP contribution in [0.3, 0.4) is 0 Å². The summed E-state index contributed by atoms with van der Waals surface area (Å²) in [6, 6.07) is 7.47. The van der Waals surface area contributed by atoms with E-state index in [-0.39, 0.29) is 12.4 Å². The summed E-state index contributed by atoms with van der Waals surface area (Å²) >= 11 is 3.31. The van der Waals surface area contributed by atoms with Crippen LogP contribution in [0.4, 0.5) is 0 Å². The highest BCUT2D eigenvalue weighted by Gasteiger charge is 2.25. The van der Waals surface area contributed by atoms with Gasteiger partial charge in [-0.3, -0.25) is 0 Å². The zero-order valence-electron chi connectivity index (χ0n) is 9.60. The molecule has 1 aliphatic rings. The summed E-state index contributed by atoms with van der Waals surface area (Å²) in [7, 11) is 1.64. The Labute approximate surface area is 109 Å². The second-order valence-electron chi connectivity index (χ2n) is 3.66. The third kappa shape index (κ3) is 3.59. The number of ether oxygens (including phenoxy) is 4. The predicted molar refractivity (Wildman–Crippen MR) is 66.9 cm³/mol. The number of alkyl halides is 1. The van der Waals surface area contributed by atoms with Gasteiger partial charge < -0.3 is 18.9 Å². The van der Waals surface area contributed by atoms with Crippen molar-refractivity contribution < 1.29 is 18.9 Å². The standard InChI is InChI=1S/C12H15BrO4/c1-14-9-2-4-10(5-3-9)15-7-11-8-16-12(6-13)17-11/h2-5,11-12H,6-8H2,1H3. The number of hydrogen-bond donors (Lipinski definition) is 0. The highest BCUT2D eigenvalue weighted by Crippen LogP contribution is 2.19. The quantitative estimate of drug-likeness (QED) is 0.782. The number of hydrogen-bond acceptors (Lipinski definition) is 4. The average molecular weight is 303 g/mol. The third-order valence-corrected chi connectivity index (χ3v) is 2.96. The van der Waals surface area contributed by atoms with E-state index in [1.165, 1.54) is 0 Å². The Morgan fingerprint density at radius 3 is 2.59 bits per heavy atom. The molecule has 4 nitrogen and oxygen atoms in total. The molecule has 0 spiro atoms. The smallest absolute Gasteiger partial charge is 0.167 e. The summed E-state index contributed by atoms with van der Waals surface area (Å²) in [5.74, 6) is 1.62. The van der Waals surface area contributed by atoms with Crippen molar-refractivity contribution in [1.82, 2.24) is 0 Å². The van der Waals surface area contributed by atoms with Crippen LogP contribution in [0.1, 0.15) is 0 Å². The molecule has 0 aliphatic carbocycles. The van der Waals surface area contributed by atoms with Gasteiger partial charge in [0.05, 0.1) is 19.0 Å². The van der Waals surface area contributed by atoms with Crippen LogP contribution >= 0.6 is 15.9 Å². The summed E-state index contributed by atoms with van der Waals surface area (Å²) in [5, 5.41) is 0.687. The van der Waals surface area contributed by atoms with Gasteiger partial charge in [0.25, 0.3) is 0 Å². The Balaban J connectivity index is 1.78. The molecule has 1 saturated heterocycles. The first-order chi connectivity index (χ1) is 8.31. The molecule has 0 radical (unpaired) electrons. The molecule has 0 N–H and O–H groups in total. The number of methoxy groups -OCH3 is 1. The van der Waals surface area contributed by atoms with Gasteiger partial charge in [0.2, 0.25) is 0 Å². The van der Waals surface area contributed by atoms with Gasteiger partial charge in [0, 0.05) is 0 Å². The summed E-state index contributed by atoms with van der Waals surface area (Å²) < 4.78 is 21.6. The van der Waals surface area contributed by atoms with Crippen LogP contribution in [0.5, 0.6) is 11.5 Å². The van der Waals surface area contributed by atoms with Crippen molar-refractivity contribution in [2.75, 3.05) is 25.7 Å². The fraction of sp³-hybridized carbons (Fsp3) is 0.500. The van der Waals surface area contributed by atoms with Crippen LogP contribution in [0.25, 0.3) is 0 Å². The number of halogens is 1. The van der Waals surface area contributed by atoms with Crippen molar-refractivity contribution in [3.05, 3.63) is 24.3 Å². The predicted octanol–water partition coefficient (Wildman–Crippen LogP) is 2.21. The molecule has 94 valence electrons. The minimum atomic E-state index is -0.153. The molecule has 1 aromatic rings. The van der Waals surface area contributed by atoms with Gasteiger partial charge in [-0.2, -0.15) is 0 Å². The summed E-state index contributed by atoms with van der Waals surface area (Å²) in [6.45, 7) is 1.07. The lowest BCUT2D eigenvalue weighted by atomic mass is 10.3. The highest BCUT2D eigenvalue weighted by molar-refractivity contribution is 9.09. The maximum atomic E-state index is 5.61. The molecule has 2 atom stereocenters. The molecular formula is C12H15BrO4. The second-order valence-corrected chi connectivity index (χ2v) is 4.31. The first-order valence-electron chi connectivity index (χ1n) is 5.41. The highest BCUT2D eigenvalue weighted by atomic mass is 79.9. The summed E-state index contributed by atoms with van der Waals surface area (Å²) in [5.41, 5.74) is 0. The van der Waals surface area contributed by atoms with Crippen LogP contribution in [-0.2, 0) is 9.47 Å². The monoisotopic (exact) mass is 302 g/mol. The zero-order valence-corrected chi connectivity index (χ0v) is 11.2. The van der Waals surface area contributed by atoms with Crippen LogP contribution in [0.15, 0.2) is 24.3 Å². The summed E-state index contributed by atoms with van der Waals surface area (Å²) in [6.07, 6.45) is -0.154. The minimum Gasteiger partial charge on any atom is -0.497 e. The lowest BCUT2D eigenvalue weighted by Crippen LogP contribution is -2.21. The van der Waals surface area contributed by atoms with Gasteiger partial charge in [0.15, 0.2) is 6.29 Å². The van der Waals surface area contributed by atoms with Crippen LogP contribution in [0, 0.1) is 0 Å². The van der Waals surface area contributed by atoms with Crippen LogP contribution in [-0.4, -0.2) is 38.0 Å². The van der Waals surface area contributed by atoms with Gasteiger partial charge >= 0.3 is 0 Å². The van der Waals surface area contributed by atoms with Gasteiger partial charge in [0.1, 0.15) is 24.2 Å². The first-order valence-corrected chi connectivity index (χ1v) is 6.54. The molecule has 1 aliphatic heterocycles. The first kappa shape index (κ1) is 12.7. The maximum absolute atomic E-state index is 5.61. The van der Waals surface area contributed by atoms with E-state index in [0.29, 0.717) is 18.5 Å². The molecule has 2 unspecified atom stereocenters. The van der Waals surface area contributed by atoms with E-state index in [4.69, 9.17) is 18.9 Å². The van der Waals surface area contributed by atoms with Crippen molar-refractivity contribution in [1.29, 1.82) is 0 Å². The van der Waals surface area contributed by atoms with Gasteiger partial charge in [-0.25, -0.2) is 0 Å². The van der Waals surface area contributed by atoms with E-state index in [1.807, 2.05) is 24.3 Å². The molecule has 1 heterocycles. The Bertz CT molecular complexity index is 341. The molecule has 5 heteroatoms. The Kier molecular flexibility index (Phi) is 4.65. The summed E-state index contributed by atoms with van der Waals surface area (Å²) in [4.78, 5) is 0. The fourth-order valence-corrected chi connectivity index (χ4v) is 1.88. The average Bonchev–Trinajstić information content (AvgIpc) is 2.85. The Morgan fingerprint density at radius 2 is 2.00 bits per heavy atom. The lowest BCUT2D eigenvalue weighted by Gasteiger charge is -2.11. The van der Waals surface area contributed by atoms with E-state index in [0.717, 1.165) is 11.5 Å². The second kappa shape index (κ2) is 6.23. The largest absolute Gasteiger partial charge is 0.497 e. The molecule has 17 heavy (non-hydrogen) atoms. The number of benzene rings is 1. The Morgan fingerprint density at radius 1 is 1.29 bits per heavy atom. The van der Waals surface area contributed by atoms with Crippen molar-refractivity contribution in [3.8, 4) is 11.5 Å². The molecule has 1 fully saturated rings. The topological polar surface area (TPSA) is 36.9 Å². The van der Waals surface area contributed by atoms with Gasteiger partial charge in [-0.15, -0.1) is 0 Å². The van der Waals surface area contributed by atoms with E-state index in [1.54, 1.807) is 7.11 Å². The van der Waals surface area contributed by atoms with E-state index < -0.39 is 0 Å². The van der Waals surface area contributed by atoms with E-state index in [9.17, 15) is 0 Å². The fourth-order valence-electron chi connectivity index (χ4n) is 1.54. The van der Waals surface area contributed by atoms with E-state index in [2.05, 4.69) is 15.9 Å². The minimum absolute atomic E-state index is 0.000323. The SMILES string of the molecule is COc1ccc(OCC2COC(CBr)O2)cc1. The molecule has 0 aromatic heterocycles. The van der Waals surface area contributed by atoms with Crippen molar-refractivity contribution in [2.45, 2.75) is 12.4 Å². The van der Waals surface area contributed by atoms with Crippen LogP contribution < -0.4 is 9.47 Å². The van der Waals surface area contributed by atoms with Crippen molar-refractivity contribution in [2.24, 2.45) is 0 Å². The molecule has 0 saturated carbocycles. The third-order valence-electron chi connectivity index (χ3n) is 2.43. The molecule has 0 bridgehead atoms. The number of rotatable bonds is 5. The molecular weight excluding hydrogens is 288 g/mol. The van der Waals surface area contributed by atoms with Crippen molar-refractivity contribution >= 4 is 15.9 Å². The molecule has 1 aromatic carbocycles. The Hall–Kier alpha value is -0.780. The molecule has 0 amide bonds. The molecule has 2 rings (SSSR count). The zero-order chi connectivity index (χ0) is 12.1. The normalized spacial score (nSPS) is 23.6. The van der Waals surface area contributed by atoms with Crippen molar-refractivity contribution in [3.63, 3.8) is 0 Å². The van der Waals surface area contributed by atoms with Crippen LogP contribution in [0.2, 0.25) is 0 Å².